The monoisotopic (exact) mass is 288 g/mol. The quantitative estimate of drug-likeness (QED) is 0.904. The average Bonchev–Trinajstić information content (AvgIpc) is 2.51. The molecule has 1 saturated heterocycles. The molecule has 0 radical (unpaired) electrons. The molecule has 104 valence electrons. The van der Waals surface area contributed by atoms with Crippen LogP contribution in [-0.2, 0) is 6.54 Å². The summed E-state index contributed by atoms with van der Waals surface area (Å²) in [7, 11) is 0. The van der Waals surface area contributed by atoms with Crippen LogP contribution in [0.5, 0.6) is 0 Å². The van der Waals surface area contributed by atoms with Crippen LogP contribution in [0.3, 0.4) is 0 Å². The number of hydrogen-bond donors (Lipinski definition) is 1. The van der Waals surface area contributed by atoms with Crippen molar-refractivity contribution in [2.45, 2.75) is 46.7 Å². The van der Waals surface area contributed by atoms with Gasteiger partial charge in [-0.2, -0.15) is 0 Å². The van der Waals surface area contributed by atoms with E-state index in [1.807, 2.05) is 11.3 Å². The van der Waals surface area contributed by atoms with E-state index in [2.05, 4.69) is 38.7 Å². The first-order chi connectivity index (χ1) is 7.88. The second kappa shape index (κ2) is 5.91. The van der Waals surface area contributed by atoms with Gasteiger partial charge in [-0.3, -0.25) is 4.90 Å². The lowest BCUT2D eigenvalue weighted by atomic mass is 9.79. The lowest BCUT2D eigenvalue weighted by molar-refractivity contribution is 0.0898. The number of nitrogens with two attached hydrogens (primary N) is 1. The largest absolute Gasteiger partial charge is 0.327 e. The third-order valence-corrected chi connectivity index (χ3v) is 4.94. The highest BCUT2D eigenvalue weighted by Crippen LogP contribution is 2.30. The van der Waals surface area contributed by atoms with Gasteiger partial charge in [-0.05, 0) is 37.3 Å². The number of likely N-dealkylation sites (tertiary alicyclic amines) is 1. The molecule has 2 heterocycles. The summed E-state index contributed by atoms with van der Waals surface area (Å²) < 4.78 is 0. The summed E-state index contributed by atoms with van der Waals surface area (Å²) >= 11 is 1.91. The molecular formula is C14H25ClN2S. The highest BCUT2D eigenvalue weighted by atomic mass is 35.5. The van der Waals surface area contributed by atoms with Gasteiger partial charge < -0.3 is 5.73 Å². The van der Waals surface area contributed by atoms with Crippen LogP contribution >= 0.6 is 23.7 Å². The van der Waals surface area contributed by atoms with Gasteiger partial charge in [0, 0.05) is 35.4 Å². The summed E-state index contributed by atoms with van der Waals surface area (Å²) in [6.07, 6.45) is 1.12. The molecule has 0 aliphatic carbocycles. The SMILES string of the molecule is Cc1cc(CN2CCC(N)C(C)(C)C2)c(C)s1.Cl. The molecule has 1 unspecified atom stereocenters. The van der Waals surface area contributed by atoms with Crippen LogP contribution in [0, 0.1) is 19.3 Å². The summed E-state index contributed by atoms with van der Waals surface area (Å²) in [6.45, 7) is 12.3. The Morgan fingerprint density at radius 1 is 1.44 bits per heavy atom. The van der Waals surface area contributed by atoms with Crippen LogP contribution in [-0.4, -0.2) is 24.0 Å². The Morgan fingerprint density at radius 2 is 2.11 bits per heavy atom. The second-order valence-corrected chi connectivity index (χ2v) is 7.49. The fourth-order valence-electron chi connectivity index (χ4n) is 2.70. The van der Waals surface area contributed by atoms with Crippen molar-refractivity contribution >= 4 is 23.7 Å². The van der Waals surface area contributed by atoms with E-state index >= 15 is 0 Å². The van der Waals surface area contributed by atoms with Crippen LogP contribution in [0.4, 0.5) is 0 Å². The number of hydrogen-bond acceptors (Lipinski definition) is 3. The molecule has 1 fully saturated rings. The first kappa shape index (κ1) is 16.0. The Bertz CT molecular complexity index is 400. The third kappa shape index (κ3) is 3.47. The van der Waals surface area contributed by atoms with E-state index < -0.39 is 0 Å². The molecule has 0 bridgehead atoms. The van der Waals surface area contributed by atoms with Gasteiger partial charge in [-0.15, -0.1) is 23.7 Å². The number of nitrogens with zero attached hydrogens (tertiary/aromatic N) is 1. The molecule has 2 rings (SSSR count). The average molecular weight is 289 g/mol. The van der Waals surface area contributed by atoms with Crippen LogP contribution in [0.25, 0.3) is 0 Å². The summed E-state index contributed by atoms with van der Waals surface area (Å²) in [5.74, 6) is 0. The van der Waals surface area contributed by atoms with Gasteiger partial charge in [0.05, 0.1) is 0 Å². The first-order valence-electron chi connectivity index (χ1n) is 6.42. The molecule has 0 aromatic carbocycles. The van der Waals surface area contributed by atoms with Crippen molar-refractivity contribution in [3.05, 3.63) is 21.4 Å². The Hall–Kier alpha value is -0.0900. The van der Waals surface area contributed by atoms with Crippen molar-refractivity contribution in [3.63, 3.8) is 0 Å². The summed E-state index contributed by atoms with van der Waals surface area (Å²) in [5, 5.41) is 0. The van der Waals surface area contributed by atoms with Crippen LogP contribution in [0.15, 0.2) is 6.07 Å². The third-order valence-electron chi connectivity index (χ3n) is 3.93. The molecule has 1 aliphatic heterocycles. The van der Waals surface area contributed by atoms with E-state index in [4.69, 9.17) is 5.73 Å². The van der Waals surface area contributed by atoms with Crippen molar-refractivity contribution in [2.75, 3.05) is 13.1 Å². The molecule has 4 heteroatoms. The number of piperidine rings is 1. The van der Waals surface area contributed by atoms with Gasteiger partial charge >= 0.3 is 0 Å². The number of halogens is 1. The van der Waals surface area contributed by atoms with Crippen LogP contribution < -0.4 is 5.73 Å². The molecule has 2 nitrogen and oxygen atoms in total. The van der Waals surface area contributed by atoms with E-state index in [-0.39, 0.29) is 17.8 Å². The van der Waals surface area contributed by atoms with E-state index in [1.54, 1.807) is 0 Å². The van der Waals surface area contributed by atoms with Crippen molar-refractivity contribution < 1.29 is 0 Å². The number of aryl methyl sites for hydroxylation is 2. The van der Waals surface area contributed by atoms with Crippen molar-refractivity contribution in [1.82, 2.24) is 4.90 Å². The summed E-state index contributed by atoms with van der Waals surface area (Å²) in [4.78, 5) is 5.44. The molecule has 0 amide bonds. The minimum atomic E-state index is 0. The molecule has 0 spiro atoms. The topological polar surface area (TPSA) is 29.3 Å². The van der Waals surface area contributed by atoms with Crippen molar-refractivity contribution in [1.29, 1.82) is 0 Å². The minimum absolute atomic E-state index is 0. The van der Waals surface area contributed by atoms with Gasteiger partial charge in [0.15, 0.2) is 0 Å². The van der Waals surface area contributed by atoms with E-state index in [0.29, 0.717) is 6.04 Å². The highest BCUT2D eigenvalue weighted by Gasteiger charge is 2.33. The maximum Gasteiger partial charge on any atom is 0.0245 e. The van der Waals surface area contributed by atoms with Gasteiger partial charge in [0.1, 0.15) is 0 Å². The van der Waals surface area contributed by atoms with Crippen LogP contribution in [0.2, 0.25) is 0 Å². The Labute approximate surface area is 121 Å². The van der Waals surface area contributed by atoms with Crippen LogP contribution in [0.1, 0.15) is 35.6 Å². The highest BCUT2D eigenvalue weighted by molar-refractivity contribution is 7.12. The van der Waals surface area contributed by atoms with E-state index in [9.17, 15) is 0 Å². The maximum atomic E-state index is 6.18. The van der Waals surface area contributed by atoms with Gasteiger partial charge in [-0.25, -0.2) is 0 Å². The Balaban J connectivity index is 0.00000162. The van der Waals surface area contributed by atoms with E-state index in [1.165, 1.54) is 15.3 Å². The molecule has 2 N–H and O–H groups in total. The number of rotatable bonds is 2. The lowest BCUT2D eigenvalue weighted by Crippen LogP contribution is -2.52. The zero-order chi connectivity index (χ0) is 12.6. The first-order valence-corrected chi connectivity index (χ1v) is 7.24. The van der Waals surface area contributed by atoms with Gasteiger partial charge in [0.25, 0.3) is 0 Å². The summed E-state index contributed by atoms with van der Waals surface area (Å²) in [6, 6.07) is 2.69. The van der Waals surface area contributed by atoms with Gasteiger partial charge in [0.2, 0.25) is 0 Å². The Morgan fingerprint density at radius 3 is 2.61 bits per heavy atom. The summed E-state index contributed by atoms with van der Waals surface area (Å²) in [5.41, 5.74) is 7.92. The predicted molar refractivity (Wildman–Crippen MR) is 82.7 cm³/mol. The molecular weight excluding hydrogens is 264 g/mol. The predicted octanol–water partition coefficient (Wildman–Crippen LogP) is 3.35. The standard InChI is InChI=1S/C14H24N2S.ClH/c1-10-7-12(11(2)17-10)8-16-6-5-13(15)14(3,4)9-16;/h7,13H,5-6,8-9,15H2,1-4H3;1H. The molecule has 1 aromatic heterocycles. The molecule has 1 aromatic rings. The zero-order valence-corrected chi connectivity index (χ0v) is 13.5. The lowest BCUT2D eigenvalue weighted by Gasteiger charge is -2.42. The number of thiophene rings is 1. The molecule has 1 atom stereocenters. The zero-order valence-electron chi connectivity index (χ0n) is 11.8. The second-order valence-electron chi connectivity index (χ2n) is 6.03. The molecule has 1 aliphatic rings. The van der Waals surface area contributed by atoms with Crippen molar-refractivity contribution in [2.24, 2.45) is 11.1 Å². The van der Waals surface area contributed by atoms with E-state index in [0.717, 1.165) is 26.1 Å². The smallest absolute Gasteiger partial charge is 0.0245 e. The normalized spacial score (nSPS) is 23.7. The fraction of sp³-hybridized carbons (Fsp3) is 0.714. The Kier molecular flexibility index (Phi) is 5.24. The maximum absolute atomic E-state index is 6.18. The van der Waals surface area contributed by atoms with Gasteiger partial charge in [-0.1, -0.05) is 13.8 Å². The minimum Gasteiger partial charge on any atom is -0.327 e. The fourth-order valence-corrected chi connectivity index (χ4v) is 3.64. The molecule has 0 saturated carbocycles. The molecule has 18 heavy (non-hydrogen) atoms. The van der Waals surface area contributed by atoms with Crippen molar-refractivity contribution in [3.8, 4) is 0 Å².